The van der Waals surface area contributed by atoms with Gasteiger partial charge in [-0.05, 0) is 95.5 Å². The second-order valence-electron chi connectivity index (χ2n) is 14.8. The van der Waals surface area contributed by atoms with Gasteiger partial charge >= 0.3 is 0 Å². The van der Waals surface area contributed by atoms with E-state index in [0.29, 0.717) is 16.5 Å². The van der Waals surface area contributed by atoms with Gasteiger partial charge in [-0.1, -0.05) is 182 Å². The summed E-state index contributed by atoms with van der Waals surface area (Å²) < 4.78 is 43.9. The first-order chi connectivity index (χ1) is 30.4. The summed E-state index contributed by atoms with van der Waals surface area (Å²) in [6.07, 6.45) is 0. The summed E-state index contributed by atoms with van der Waals surface area (Å²) in [5.41, 5.74) is 10.1. The number of hydrogen-bond donors (Lipinski definition) is 0. The molecule has 270 valence electrons. The molecule has 2 heterocycles. The zero-order valence-corrected chi connectivity index (χ0v) is 32.0. The molecule has 58 heavy (non-hydrogen) atoms. The molecule has 0 fully saturated rings. The van der Waals surface area contributed by atoms with Crippen LogP contribution in [0, 0.1) is 0 Å². The van der Waals surface area contributed by atoms with Crippen molar-refractivity contribution in [3.05, 3.63) is 206 Å². The average Bonchev–Trinajstić information content (AvgIpc) is 3.91. The number of furan rings is 1. The van der Waals surface area contributed by atoms with Gasteiger partial charge in [-0.2, -0.15) is 0 Å². The van der Waals surface area contributed by atoms with Gasteiger partial charge in [0.15, 0.2) is 0 Å². The summed E-state index contributed by atoms with van der Waals surface area (Å²) in [6, 6.07) is 63.1. The minimum atomic E-state index is -0.249. The topological polar surface area (TPSA) is 13.1 Å². The lowest BCUT2D eigenvalue weighted by Gasteiger charge is -2.18. The minimum absolute atomic E-state index is 0.0473. The van der Waals surface area contributed by atoms with Crippen LogP contribution < -0.4 is 0 Å². The standard InChI is InChI=1S/C56H34OS/c1-2-15-36(16-3-1)51-41-18-6-8-20-43(41)52(44-21-9-7-19-42(44)51)37-29-31-38(32-30-37)56-53(40-33-28-35-14-4-5-17-39(35)34-40)55-46(23-12-25-48(55)57-56)45-24-13-27-50-54(45)47-22-10-11-26-49(47)58-50/h1-34H/i4D,5D,14D,17D. The first-order valence-corrected chi connectivity index (χ1v) is 20.3. The van der Waals surface area contributed by atoms with Crippen molar-refractivity contribution in [1.29, 1.82) is 0 Å². The van der Waals surface area contributed by atoms with Crippen LogP contribution in [0.5, 0.6) is 0 Å². The van der Waals surface area contributed by atoms with Crippen LogP contribution in [-0.2, 0) is 0 Å². The highest BCUT2D eigenvalue weighted by molar-refractivity contribution is 7.25. The van der Waals surface area contributed by atoms with Crippen molar-refractivity contribution in [2.24, 2.45) is 0 Å². The van der Waals surface area contributed by atoms with Gasteiger partial charge in [0, 0.05) is 36.7 Å². The Hall–Kier alpha value is -7.26. The summed E-state index contributed by atoms with van der Waals surface area (Å²) in [5, 5.41) is 9.06. The Labute approximate surface area is 345 Å². The Balaban J connectivity index is 1.11. The fourth-order valence-electron chi connectivity index (χ4n) is 9.10. The van der Waals surface area contributed by atoms with Crippen LogP contribution in [0.2, 0.25) is 0 Å². The second kappa shape index (κ2) is 13.2. The number of rotatable bonds is 5. The lowest BCUT2D eigenvalue weighted by atomic mass is 9.85. The molecule has 0 saturated carbocycles. The number of benzene rings is 10. The largest absolute Gasteiger partial charge is 0.455 e. The summed E-state index contributed by atoms with van der Waals surface area (Å²) in [6.45, 7) is 0. The first kappa shape index (κ1) is 29.0. The lowest BCUT2D eigenvalue weighted by molar-refractivity contribution is 0.632. The average molecular weight is 759 g/mol. The highest BCUT2D eigenvalue weighted by Gasteiger charge is 2.24. The van der Waals surface area contributed by atoms with E-state index >= 15 is 0 Å². The molecule has 1 nitrogen and oxygen atoms in total. The monoisotopic (exact) mass is 758 g/mol. The maximum atomic E-state index is 8.92. The zero-order valence-electron chi connectivity index (χ0n) is 35.1. The third-order valence-electron chi connectivity index (χ3n) is 11.6. The molecule has 2 heteroatoms. The summed E-state index contributed by atoms with van der Waals surface area (Å²) in [5.74, 6) is 0.690. The molecule has 0 aliphatic rings. The van der Waals surface area contributed by atoms with E-state index in [-0.39, 0.29) is 24.2 Å². The molecule has 12 rings (SSSR count). The molecular weight excluding hydrogens is 721 g/mol. The normalized spacial score (nSPS) is 12.8. The number of thiophene rings is 1. The molecule has 12 aromatic rings. The molecule has 2 aromatic heterocycles. The first-order valence-electron chi connectivity index (χ1n) is 21.5. The summed E-state index contributed by atoms with van der Waals surface area (Å²) in [4.78, 5) is 0. The molecule has 0 bridgehead atoms. The zero-order chi connectivity index (χ0) is 41.6. The molecule has 0 aliphatic carbocycles. The van der Waals surface area contributed by atoms with Crippen LogP contribution in [0.15, 0.2) is 211 Å². The molecule has 0 spiro atoms. The van der Waals surface area contributed by atoms with E-state index in [4.69, 9.17) is 9.90 Å². The van der Waals surface area contributed by atoms with Crippen molar-refractivity contribution in [3.8, 4) is 55.8 Å². The molecule has 0 N–H and O–H groups in total. The molecule has 0 aliphatic heterocycles. The third kappa shape index (κ3) is 5.09. The lowest BCUT2D eigenvalue weighted by Crippen LogP contribution is -1.91. The van der Waals surface area contributed by atoms with Crippen LogP contribution in [-0.4, -0.2) is 0 Å². The number of fused-ring (bicyclic) bond motifs is 7. The Bertz CT molecular complexity index is 3730. The van der Waals surface area contributed by atoms with Gasteiger partial charge in [0.1, 0.15) is 11.3 Å². The van der Waals surface area contributed by atoms with Crippen LogP contribution >= 0.6 is 11.3 Å². The van der Waals surface area contributed by atoms with Crippen LogP contribution in [0.3, 0.4) is 0 Å². The Morgan fingerprint density at radius 3 is 1.62 bits per heavy atom. The van der Waals surface area contributed by atoms with Crippen LogP contribution in [0.1, 0.15) is 5.48 Å². The molecule has 0 amide bonds. The summed E-state index contributed by atoms with van der Waals surface area (Å²) in [7, 11) is 0. The Kier molecular flexibility index (Phi) is 6.59. The van der Waals surface area contributed by atoms with Gasteiger partial charge in [-0.25, -0.2) is 0 Å². The maximum Gasteiger partial charge on any atom is 0.143 e. The van der Waals surface area contributed by atoms with E-state index in [1.807, 2.05) is 24.3 Å². The fourth-order valence-corrected chi connectivity index (χ4v) is 10.2. The third-order valence-corrected chi connectivity index (χ3v) is 12.7. The summed E-state index contributed by atoms with van der Waals surface area (Å²) >= 11 is 1.79. The Morgan fingerprint density at radius 2 is 0.914 bits per heavy atom. The van der Waals surface area contributed by atoms with Gasteiger partial charge in [0.05, 0.1) is 5.48 Å². The van der Waals surface area contributed by atoms with E-state index in [2.05, 4.69) is 158 Å². The number of hydrogen-bond acceptors (Lipinski definition) is 2. The van der Waals surface area contributed by atoms with E-state index in [9.17, 15) is 0 Å². The van der Waals surface area contributed by atoms with Crippen LogP contribution in [0.4, 0.5) is 0 Å². The molecule has 0 atom stereocenters. The van der Waals surface area contributed by atoms with Crippen molar-refractivity contribution in [1.82, 2.24) is 0 Å². The van der Waals surface area contributed by atoms with Crippen LogP contribution in [0.25, 0.3) is 119 Å². The van der Waals surface area contributed by atoms with E-state index in [1.165, 1.54) is 58.4 Å². The van der Waals surface area contributed by atoms with Gasteiger partial charge in [0.2, 0.25) is 0 Å². The Morgan fingerprint density at radius 1 is 0.379 bits per heavy atom. The highest BCUT2D eigenvalue weighted by Crippen LogP contribution is 2.49. The SMILES string of the molecule is [2H]c1c([2H])c([2H])c2cc(-c3c(-c4ccc(-c5c6ccccc6c(-c6ccccc6)c6ccccc56)cc4)oc4cccc(-c5cccc6sc7ccccc7c56)c34)ccc2c1[2H]. The van der Waals surface area contributed by atoms with Gasteiger partial charge in [0.25, 0.3) is 0 Å². The van der Waals surface area contributed by atoms with E-state index in [1.54, 1.807) is 11.3 Å². The fraction of sp³-hybridized carbons (Fsp3) is 0. The minimum Gasteiger partial charge on any atom is -0.455 e. The predicted molar refractivity (Wildman–Crippen MR) is 249 cm³/mol. The van der Waals surface area contributed by atoms with Crippen molar-refractivity contribution in [2.75, 3.05) is 0 Å². The molecule has 10 aromatic carbocycles. The van der Waals surface area contributed by atoms with E-state index in [0.717, 1.165) is 44.3 Å². The van der Waals surface area contributed by atoms with Crippen molar-refractivity contribution < 1.29 is 9.90 Å². The van der Waals surface area contributed by atoms with Crippen molar-refractivity contribution >= 4 is 74.8 Å². The second-order valence-corrected chi connectivity index (χ2v) is 15.9. The highest BCUT2D eigenvalue weighted by atomic mass is 32.1. The quantitative estimate of drug-likeness (QED) is 0.159. The maximum absolute atomic E-state index is 8.92. The van der Waals surface area contributed by atoms with Gasteiger partial charge < -0.3 is 4.42 Å². The van der Waals surface area contributed by atoms with Crippen molar-refractivity contribution in [2.45, 2.75) is 0 Å². The molecule has 0 radical (unpaired) electrons. The van der Waals surface area contributed by atoms with Gasteiger partial charge in [-0.15, -0.1) is 11.3 Å². The van der Waals surface area contributed by atoms with Gasteiger partial charge in [-0.3, -0.25) is 0 Å². The smallest absolute Gasteiger partial charge is 0.143 e. The molecule has 0 unspecified atom stereocenters. The predicted octanol–water partition coefficient (Wildman–Crippen LogP) is 16.6. The molecular formula is C56H34OS. The van der Waals surface area contributed by atoms with E-state index < -0.39 is 0 Å². The molecule has 0 saturated heterocycles. The van der Waals surface area contributed by atoms with Crippen molar-refractivity contribution in [3.63, 3.8) is 0 Å².